The molecule has 1 aliphatic heterocycles. The van der Waals surface area contributed by atoms with Gasteiger partial charge in [0.2, 0.25) is 0 Å². The van der Waals surface area contributed by atoms with Crippen molar-refractivity contribution >= 4 is 17.6 Å². The molecule has 3 rings (SSSR count). The van der Waals surface area contributed by atoms with Crippen molar-refractivity contribution in [3.05, 3.63) is 51.4 Å². The Bertz CT molecular complexity index is 816. The van der Waals surface area contributed by atoms with Crippen LogP contribution in [0.25, 0.3) is 11.4 Å². The molecule has 2 N–H and O–H groups in total. The Morgan fingerprint density at radius 1 is 1.20 bits per heavy atom. The van der Waals surface area contributed by atoms with Gasteiger partial charge < -0.3 is 10.1 Å². The summed E-state index contributed by atoms with van der Waals surface area (Å²) in [5.74, 6) is -0.314. The van der Waals surface area contributed by atoms with E-state index in [4.69, 9.17) is 16.7 Å². The standard InChI is InChI=1S/C17H19ClN4O3/c18-13-3-1-2-12(8-13)17-19-14(9-15(23)20-17)10-21-4-6-22(7-5-21)11-16(24)25/h1-3,8-9H,4-7,10-11H2,(H,24,25)(H,19,20,23). The van der Waals surface area contributed by atoms with Gasteiger partial charge in [0.1, 0.15) is 5.82 Å². The first-order valence-corrected chi connectivity index (χ1v) is 8.40. The number of benzene rings is 1. The summed E-state index contributed by atoms with van der Waals surface area (Å²) < 4.78 is 0. The Balaban J connectivity index is 1.70. The number of hydrogen-bond acceptors (Lipinski definition) is 5. The number of H-pyrrole nitrogens is 1. The Morgan fingerprint density at radius 2 is 1.92 bits per heavy atom. The number of aromatic amines is 1. The Labute approximate surface area is 149 Å². The maximum atomic E-state index is 12.0. The first-order valence-electron chi connectivity index (χ1n) is 8.02. The Hall–Kier alpha value is -2.22. The monoisotopic (exact) mass is 362 g/mol. The van der Waals surface area contributed by atoms with E-state index in [1.165, 1.54) is 6.07 Å². The van der Waals surface area contributed by atoms with Crippen molar-refractivity contribution in [3.63, 3.8) is 0 Å². The first kappa shape index (κ1) is 17.6. The second-order valence-electron chi connectivity index (χ2n) is 6.04. The second kappa shape index (κ2) is 7.77. The molecule has 0 saturated carbocycles. The lowest BCUT2D eigenvalue weighted by atomic mass is 10.2. The lowest BCUT2D eigenvalue weighted by molar-refractivity contribution is -0.138. The molecule has 2 aromatic rings. The summed E-state index contributed by atoms with van der Waals surface area (Å²) in [6.45, 7) is 3.49. The third-order valence-corrected chi connectivity index (χ3v) is 4.34. The zero-order valence-electron chi connectivity index (χ0n) is 13.6. The van der Waals surface area contributed by atoms with E-state index in [-0.39, 0.29) is 12.1 Å². The molecule has 1 aromatic heterocycles. The summed E-state index contributed by atoms with van der Waals surface area (Å²) >= 11 is 6.01. The quantitative estimate of drug-likeness (QED) is 0.833. The van der Waals surface area contributed by atoms with Crippen LogP contribution in [-0.4, -0.2) is 63.6 Å². The van der Waals surface area contributed by atoms with Crippen LogP contribution in [0.5, 0.6) is 0 Å². The van der Waals surface area contributed by atoms with E-state index in [9.17, 15) is 9.59 Å². The van der Waals surface area contributed by atoms with Crippen molar-refractivity contribution in [2.45, 2.75) is 6.54 Å². The van der Waals surface area contributed by atoms with Gasteiger partial charge in [-0.3, -0.25) is 19.4 Å². The van der Waals surface area contributed by atoms with E-state index < -0.39 is 5.97 Å². The van der Waals surface area contributed by atoms with E-state index in [1.54, 1.807) is 12.1 Å². The fourth-order valence-corrected chi connectivity index (χ4v) is 3.08. The molecule has 1 saturated heterocycles. The molecule has 0 spiro atoms. The summed E-state index contributed by atoms with van der Waals surface area (Å²) in [5.41, 5.74) is 1.24. The normalized spacial score (nSPS) is 16.0. The summed E-state index contributed by atoms with van der Waals surface area (Å²) in [4.78, 5) is 34.1. The molecule has 0 unspecified atom stereocenters. The summed E-state index contributed by atoms with van der Waals surface area (Å²) in [7, 11) is 0. The van der Waals surface area contributed by atoms with Crippen molar-refractivity contribution in [1.82, 2.24) is 19.8 Å². The predicted octanol–water partition coefficient (Wildman–Crippen LogP) is 1.29. The number of nitrogens with zero attached hydrogens (tertiary/aromatic N) is 3. The van der Waals surface area contributed by atoms with E-state index in [0.29, 0.717) is 36.2 Å². The number of rotatable bonds is 5. The molecule has 0 bridgehead atoms. The fourth-order valence-electron chi connectivity index (χ4n) is 2.89. The average Bonchev–Trinajstić information content (AvgIpc) is 2.56. The Morgan fingerprint density at radius 3 is 2.60 bits per heavy atom. The van der Waals surface area contributed by atoms with Gasteiger partial charge in [-0.1, -0.05) is 23.7 Å². The van der Waals surface area contributed by atoms with Crippen molar-refractivity contribution in [2.24, 2.45) is 0 Å². The van der Waals surface area contributed by atoms with Gasteiger partial charge in [-0.2, -0.15) is 0 Å². The molecule has 8 heteroatoms. The third-order valence-electron chi connectivity index (χ3n) is 4.10. The van der Waals surface area contributed by atoms with Gasteiger partial charge in [0, 0.05) is 49.4 Å². The predicted molar refractivity (Wildman–Crippen MR) is 94.7 cm³/mol. The molecule has 1 aliphatic rings. The van der Waals surface area contributed by atoms with Crippen LogP contribution in [0.3, 0.4) is 0 Å². The SMILES string of the molecule is O=C(O)CN1CCN(Cc2cc(=O)[nH]c(-c3cccc(Cl)c3)n2)CC1. The number of nitrogens with one attached hydrogen (secondary N) is 1. The van der Waals surface area contributed by atoms with Crippen LogP contribution < -0.4 is 5.56 Å². The number of hydrogen-bond donors (Lipinski definition) is 2. The van der Waals surface area contributed by atoms with Crippen molar-refractivity contribution in [3.8, 4) is 11.4 Å². The topological polar surface area (TPSA) is 89.5 Å². The maximum absolute atomic E-state index is 12.0. The molecule has 0 amide bonds. The second-order valence-corrected chi connectivity index (χ2v) is 6.48. The highest BCUT2D eigenvalue weighted by Gasteiger charge is 2.19. The van der Waals surface area contributed by atoms with Crippen molar-refractivity contribution in [2.75, 3.05) is 32.7 Å². The highest BCUT2D eigenvalue weighted by atomic mass is 35.5. The van der Waals surface area contributed by atoms with E-state index in [0.717, 1.165) is 18.7 Å². The molecule has 7 nitrogen and oxygen atoms in total. The number of carbonyl (C=O) groups is 1. The van der Waals surface area contributed by atoms with E-state index in [2.05, 4.69) is 14.9 Å². The fraction of sp³-hybridized carbons (Fsp3) is 0.353. The van der Waals surface area contributed by atoms with Gasteiger partial charge in [-0.15, -0.1) is 0 Å². The lowest BCUT2D eigenvalue weighted by Crippen LogP contribution is -2.47. The number of halogens is 1. The molecule has 1 fully saturated rings. The summed E-state index contributed by atoms with van der Waals surface area (Å²) in [6, 6.07) is 8.68. The molecule has 2 heterocycles. The molecular weight excluding hydrogens is 344 g/mol. The van der Waals surface area contributed by atoms with Crippen LogP contribution >= 0.6 is 11.6 Å². The van der Waals surface area contributed by atoms with Gasteiger partial charge in [-0.25, -0.2) is 4.98 Å². The largest absolute Gasteiger partial charge is 0.480 e. The van der Waals surface area contributed by atoms with Gasteiger partial charge in [-0.05, 0) is 12.1 Å². The lowest BCUT2D eigenvalue weighted by Gasteiger charge is -2.33. The van der Waals surface area contributed by atoms with Gasteiger partial charge >= 0.3 is 5.97 Å². The van der Waals surface area contributed by atoms with Gasteiger partial charge in [0.05, 0.1) is 12.2 Å². The van der Waals surface area contributed by atoms with Crippen molar-refractivity contribution in [1.29, 1.82) is 0 Å². The molecule has 0 aliphatic carbocycles. The van der Waals surface area contributed by atoms with E-state index in [1.807, 2.05) is 17.0 Å². The van der Waals surface area contributed by atoms with E-state index >= 15 is 0 Å². The van der Waals surface area contributed by atoms with Crippen LogP contribution in [0.4, 0.5) is 0 Å². The molecule has 132 valence electrons. The molecule has 0 radical (unpaired) electrons. The molecular formula is C17H19ClN4O3. The Kier molecular flexibility index (Phi) is 5.47. The smallest absolute Gasteiger partial charge is 0.317 e. The minimum atomic E-state index is -0.809. The zero-order chi connectivity index (χ0) is 17.8. The van der Waals surface area contributed by atoms with Crippen LogP contribution in [0.2, 0.25) is 5.02 Å². The third kappa shape index (κ3) is 4.88. The molecule has 25 heavy (non-hydrogen) atoms. The minimum Gasteiger partial charge on any atom is -0.480 e. The molecule has 0 atom stereocenters. The number of aromatic nitrogens is 2. The van der Waals surface area contributed by atoms with Gasteiger partial charge in [0.25, 0.3) is 5.56 Å². The average molecular weight is 363 g/mol. The summed E-state index contributed by atoms with van der Waals surface area (Å²) in [5, 5.41) is 9.43. The van der Waals surface area contributed by atoms with Crippen LogP contribution in [-0.2, 0) is 11.3 Å². The molecule has 1 aromatic carbocycles. The number of piperazine rings is 1. The van der Waals surface area contributed by atoms with Gasteiger partial charge in [0.15, 0.2) is 0 Å². The highest BCUT2D eigenvalue weighted by molar-refractivity contribution is 6.30. The maximum Gasteiger partial charge on any atom is 0.317 e. The van der Waals surface area contributed by atoms with Crippen LogP contribution in [0.15, 0.2) is 35.1 Å². The highest BCUT2D eigenvalue weighted by Crippen LogP contribution is 2.19. The minimum absolute atomic E-state index is 0.0655. The number of aliphatic carboxylic acids is 1. The van der Waals surface area contributed by atoms with Crippen LogP contribution in [0, 0.1) is 0 Å². The zero-order valence-corrected chi connectivity index (χ0v) is 14.4. The number of carboxylic acid groups (broad SMARTS) is 1. The first-order chi connectivity index (χ1) is 12.0. The number of carboxylic acids is 1. The van der Waals surface area contributed by atoms with Crippen LogP contribution in [0.1, 0.15) is 5.69 Å². The van der Waals surface area contributed by atoms with Crippen molar-refractivity contribution < 1.29 is 9.90 Å². The summed E-state index contributed by atoms with van der Waals surface area (Å²) in [6.07, 6.45) is 0.